The second kappa shape index (κ2) is 8.71. The number of rotatable bonds is 5. The van der Waals surface area contributed by atoms with Crippen LogP contribution >= 0.6 is 0 Å². The van der Waals surface area contributed by atoms with Crippen LogP contribution in [0.25, 0.3) is 22.2 Å². The number of hydrogen-bond acceptors (Lipinski definition) is 7. The Labute approximate surface area is 205 Å². The van der Waals surface area contributed by atoms with Crippen LogP contribution in [0, 0.1) is 26.6 Å². The highest BCUT2D eigenvalue weighted by atomic mass is 19.1. The number of aryl methyl sites for hydroxylation is 1. The van der Waals surface area contributed by atoms with Gasteiger partial charge in [0.1, 0.15) is 11.2 Å². The first-order valence-corrected chi connectivity index (χ1v) is 11.5. The van der Waals surface area contributed by atoms with Gasteiger partial charge in [-0.1, -0.05) is 6.07 Å². The second-order valence-electron chi connectivity index (χ2n) is 9.04. The molecule has 0 atom stereocenters. The molecule has 0 unspecified atom stereocenters. The summed E-state index contributed by atoms with van der Waals surface area (Å²) in [5.74, 6) is -0.620. The Bertz CT molecular complexity index is 1670. The van der Waals surface area contributed by atoms with Crippen LogP contribution in [0.3, 0.4) is 0 Å². The molecular formula is C26H24FN5O4. The van der Waals surface area contributed by atoms with E-state index in [1.165, 1.54) is 32.3 Å². The van der Waals surface area contributed by atoms with Crippen LogP contribution in [0.4, 0.5) is 21.6 Å². The van der Waals surface area contributed by atoms with Crippen molar-refractivity contribution in [2.24, 2.45) is 0 Å². The lowest BCUT2D eigenvalue weighted by atomic mass is 10.0. The number of carbonyl (C=O) groups excluding carboxylic acids is 1. The Morgan fingerprint density at radius 2 is 1.92 bits per heavy atom. The number of amides is 1. The quantitative estimate of drug-likeness (QED) is 0.423. The van der Waals surface area contributed by atoms with Crippen molar-refractivity contribution in [2.75, 3.05) is 10.6 Å². The highest BCUT2D eigenvalue weighted by Crippen LogP contribution is 2.40. The third-order valence-electron chi connectivity index (χ3n) is 6.23. The third kappa shape index (κ3) is 4.04. The number of hydrogen-bond donors (Lipinski definition) is 2. The van der Waals surface area contributed by atoms with Gasteiger partial charge in [0.05, 0.1) is 40.6 Å². The summed E-state index contributed by atoms with van der Waals surface area (Å²) >= 11 is 0. The molecule has 1 aliphatic rings. The Morgan fingerprint density at radius 1 is 1.17 bits per heavy atom. The van der Waals surface area contributed by atoms with Crippen LogP contribution < -0.4 is 21.8 Å². The van der Waals surface area contributed by atoms with E-state index in [-0.39, 0.29) is 51.2 Å². The van der Waals surface area contributed by atoms with Gasteiger partial charge in [-0.25, -0.2) is 14.2 Å². The first-order valence-electron chi connectivity index (χ1n) is 11.5. The minimum atomic E-state index is -0.673. The van der Waals surface area contributed by atoms with Crippen LogP contribution in [0.2, 0.25) is 0 Å². The van der Waals surface area contributed by atoms with Gasteiger partial charge in [0.15, 0.2) is 11.4 Å². The van der Waals surface area contributed by atoms with Crippen molar-refractivity contribution < 1.29 is 13.6 Å². The molecule has 0 aliphatic heterocycles. The summed E-state index contributed by atoms with van der Waals surface area (Å²) in [5.41, 5.74) is 1.47. The van der Waals surface area contributed by atoms with Crippen molar-refractivity contribution in [1.29, 1.82) is 0 Å². The smallest absolute Gasteiger partial charge is 0.341 e. The molecule has 1 saturated carbocycles. The maximum Gasteiger partial charge on any atom is 0.341 e. The molecule has 2 N–H and O–H groups in total. The highest BCUT2D eigenvalue weighted by Gasteiger charge is 2.31. The number of aromatic nitrogens is 3. The average Bonchev–Trinajstić information content (AvgIpc) is 3.63. The Balaban J connectivity index is 1.85. The zero-order valence-corrected chi connectivity index (χ0v) is 20.2. The minimum absolute atomic E-state index is 0.0108. The lowest BCUT2D eigenvalue weighted by molar-refractivity contribution is -0.114. The van der Waals surface area contributed by atoms with E-state index in [1.807, 2.05) is 0 Å². The van der Waals surface area contributed by atoms with Crippen molar-refractivity contribution >= 4 is 34.1 Å². The number of halogens is 1. The zero-order valence-electron chi connectivity index (χ0n) is 20.2. The van der Waals surface area contributed by atoms with Crippen LogP contribution in [0.15, 0.2) is 44.6 Å². The molecule has 0 spiro atoms. The second-order valence-corrected chi connectivity index (χ2v) is 9.04. The molecule has 36 heavy (non-hydrogen) atoms. The van der Waals surface area contributed by atoms with Crippen LogP contribution in [0.1, 0.15) is 42.6 Å². The Morgan fingerprint density at radius 3 is 2.58 bits per heavy atom. The molecule has 1 amide bonds. The van der Waals surface area contributed by atoms with Crippen molar-refractivity contribution in [3.63, 3.8) is 0 Å². The minimum Gasteiger partial charge on any atom is -0.421 e. The molecule has 184 valence electrons. The number of fused-ring (bicyclic) bond motifs is 1. The summed E-state index contributed by atoms with van der Waals surface area (Å²) in [4.78, 5) is 47.0. The average molecular weight is 490 g/mol. The van der Waals surface area contributed by atoms with E-state index in [2.05, 4.69) is 20.6 Å². The molecule has 3 aromatic heterocycles. The maximum absolute atomic E-state index is 14.7. The van der Waals surface area contributed by atoms with Crippen LogP contribution in [-0.2, 0) is 4.79 Å². The molecule has 10 heteroatoms. The summed E-state index contributed by atoms with van der Waals surface area (Å²) in [6.07, 6.45) is 4.52. The van der Waals surface area contributed by atoms with Gasteiger partial charge in [-0.2, -0.15) is 0 Å². The summed E-state index contributed by atoms with van der Waals surface area (Å²) in [5, 5.41) is 5.68. The predicted octanol–water partition coefficient (Wildman–Crippen LogP) is 4.51. The van der Waals surface area contributed by atoms with Gasteiger partial charge >= 0.3 is 5.63 Å². The van der Waals surface area contributed by atoms with Gasteiger partial charge in [0.25, 0.3) is 5.56 Å². The summed E-state index contributed by atoms with van der Waals surface area (Å²) in [6.45, 7) is 6.40. The van der Waals surface area contributed by atoms with Gasteiger partial charge in [0.2, 0.25) is 5.91 Å². The molecule has 1 aromatic carbocycles. The topological polar surface area (TPSA) is 119 Å². The van der Waals surface area contributed by atoms with Gasteiger partial charge < -0.3 is 19.6 Å². The van der Waals surface area contributed by atoms with Gasteiger partial charge in [-0.15, -0.1) is 0 Å². The molecule has 9 nitrogen and oxygen atoms in total. The van der Waals surface area contributed by atoms with E-state index in [0.717, 1.165) is 18.4 Å². The first-order chi connectivity index (χ1) is 17.2. The molecule has 1 aliphatic carbocycles. The van der Waals surface area contributed by atoms with E-state index < -0.39 is 11.4 Å². The number of nitrogens with zero attached hydrogens (tertiary/aromatic N) is 3. The normalized spacial score (nSPS) is 13.1. The summed E-state index contributed by atoms with van der Waals surface area (Å²) < 4.78 is 22.1. The molecule has 3 heterocycles. The first kappa shape index (κ1) is 23.4. The van der Waals surface area contributed by atoms with E-state index in [4.69, 9.17) is 4.42 Å². The highest BCUT2D eigenvalue weighted by molar-refractivity contribution is 6.00. The Kier molecular flexibility index (Phi) is 5.66. The SMILES string of the molecule is CC(=O)Nc1cncc(-c2c(C)n(C3CC3)c(=O)c3c(Nc4ccc(C)cc4F)c(C)c(=O)oc23)n1. The monoisotopic (exact) mass is 489 g/mol. The standard InChI is InChI=1S/C26H24FN5O4/c1-12-5-8-18(17(27)9-12)31-23-13(2)26(35)36-24-21(19-10-28-11-20(30-19)29-15(4)33)14(3)32(16-6-7-16)25(34)22(23)24/h5,8-11,16,31H,6-7H2,1-4H3,(H,29,30,33). The fraction of sp³-hybridized carbons (Fsp3) is 0.269. The fourth-order valence-corrected chi connectivity index (χ4v) is 4.37. The van der Waals surface area contributed by atoms with Crippen molar-refractivity contribution in [3.8, 4) is 11.3 Å². The van der Waals surface area contributed by atoms with Crippen molar-refractivity contribution in [2.45, 2.75) is 46.6 Å². The molecule has 1 fully saturated rings. The largest absolute Gasteiger partial charge is 0.421 e. The number of nitrogens with one attached hydrogen (secondary N) is 2. The molecule has 5 rings (SSSR count). The van der Waals surface area contributed by atoms with Gasteiger partial charge in [-0.3, -0.25) is 14.6 Å². The third-order valence-corrected chi connectivity index (χ3v) is 6.23. The van der Waals surface area contributed by atoms with Crippen molar-refractivity contribution in [3.05, 3.63) is 74.0 Å². The predicted molar refractivity (Wildman–Crippen MR) is 134 cm³/mol. The number of benzene rings is 1. The van der Waals surface area contributed by atoms with E-state index in [9.17, 15) is 18.8 Å². The zero-order chi connectivity index (χ0) is 25.7. The van der Waals surface area contributed by atoms with Crippen molar-refractivity contribution in [1.82, 2.24) is 14.5 Å². The van der Waals surface area contributed by atoms with Gasteiger partial charge in [-0.05, 0) is 51.3 Å². The van der Waals surface area contributed by atoms with Crippen LogP contribution in [0.5, 0.6) is 0 Å². The molecule has 0 radical (unpaired) electrons. The molecule has 0 saturated heterocycles. The van der Waals surface area contributed by atoms with E-state index in [0.29, 0.717) is 17.0 Å². The fourth-order valence-electron chi connectivity index (χ4n) is 4.37. The lowest BCUT2D eigenvalue weighted by Crippen LogP contribution is -2.25. The van der Waals surface area contributed by atoms with Gasteiger partial charge in [0, 0.05) is 18.7 Å². The molecule has 0 bridgehead atoms. The number of carbonyl (C=O) groups is 1. The number of pyridine rings is 1. The summed E-state index contributed by atoms with van der Waals surface area (Å²) in [7, 11) is 0. The Hall–Kier alpha value is -4.34. The molecule has 4 aromatic rings. The molecular weight excluding hydrogens is 465 g/mol. The van der Waals surface area contributed by atoms with E-state index >= 15 is 0 Å². The van der Waals surface area contributed by atoms with E-state index in [1.54, 1.807) is 30.5 Å². The van der Waals surface area contributed by atoms with Crippen LogP contribution in [-0.4, -0.2) is 20.4 Å². The lowest BCUT2D eigenvalue weighted by Gasteiger charge is -2.19. The summed E-state index contributed by atoms with van der Waals surface area (Å²) in [6, 6.07) is 4.65. The maximum atomic E-state index is 14.7. The number of anilines is 3.